The van der Waals surface area contributed by atoms with E-state index in [1.165, 1.54) is 11.3 Å². The molecular weight excluding hydrogens is 264 g/mol. The van der Waals surface area contributed by atoms with Gasteiger partial charge in [0.05, 0.1) is 12.0 Å². The van der Waals surface area contributed by atoms with Crippen LogP contribution in [0.15, 0.2) is 34.3 Å². The summed E-state index contributed by atoms with van der Waals surface area (Å²) in [7, 11) is 0. The van der Waals surface area contributed by atoms with Crippen molar-refractivity contribution >= 4 is 22.4 Å². The van der Waals surface area contributed by atoms with E-state index in [0.717, 1.165) is 5.69 Å². The van der Waals surface area contributed by atoms with E-state index < -0.39 is 0 Å². The molecular formula is C12H10N4O2S. The van der Waals surface area contributed by atoms with Gasteiger partial charge in [0.2, 0.25) is 0 Å². The van der Waals surface area contributed by atoms with E-state index in [-0.39, 0.29) is 5.91 Å². The number of carbonyl (C=O) groups excluding carboxylic acids is 1. The lowest BCUT2D eigenvalue weighted by Gasteiger charge is -1.96. The largest absolute Gasteiger partial charge is 0.463 e. The summed E-state index contributed by atoms with van der Waals surface area (Å²) in [6, 6.07) is 5.20. The number of carbonyl (C=O) groups is 1. The van der Waals surface area contributed by atoms with Gasteiger partial charge in [0.1, 0.15) is 5.69 Å². The number of furan rings is 1. The Balaban J connectivity index is 1.77. The summed E-state index contributed by atoms with van der Waals surface area (Å²) >= 11 is 1.38. The number of thiazole rings is 1. The molecule has 0 saturated heterocycles. The first-order valence-electron chi connectivity index (χ1n) is 5.55. The maximum absolute atomic E-state index is 11.9. The van der Waals surface area contributed by atoms with E-state index in [9.17, 15) is 4.79 Å². The molecule has 0 atom stereocenters. The van der Waals surface area contributed by atoms with Crippen LogP contribution in [-0.2, 0) is 0 Å². The Morgan fingerprint density at radius 3 is 3.11 bits per heavy atom. The van der Waals surface area contributed by atoms with Crippen LogP contribution in [-0.4, -0.2) is 21.1 Å². The summed E-state index contributed by atoms with van der Waals surface area (Å²) in [6.07, 6.45) is 1.56. The Labute approximate surface area is 112 Å². The Bertz CT molecular complexity index is 699. The smallest absolute Gasteiger partial charge is 0.277 e. The molecule has 0 saturated carbocycles. The summed E-state index contributed by atoms with van der Waals surface area (Å²) in [5.41, 5.74) is 1.82. The van der Waals surface area contributed by atoms with Gasteiger partial charge in [-0.3, -0.25) is 15.2 Å². The van der Waals surface area contributed by atoms with E-state index in [4.69, 9.17) is 4.42 Å². The monoisotopic (exact) mass is 274 g/mol. The lowest BCUT2D eigenvalue weighted by atomic mass is 10.3. The molecule has 19 heavy (non-hydrogen) atoms. The summed E-state index contributed by atoms with van der Waals surface area (Å²) in [5.74, 6) is 0.333. The second kappa shape index (κ2) is 4.69. The zero-order valence-electron chi connectivity index (χ0n) is 10.0. The quantitative estimate of drug-likeness (QED) is 0.769. The van der Waals surface area contributed by atoms with Crippen LogP contribution in [0.3, 0.4) is 0 Å². The van der Waals surface area contributed by atoms with Crippen LogP contribution < -0.4 is 5.32 Å². The van der Waals surface area contributed by atoms with Crippen LogP contribution in [0, 0.1) is 6.92 Å². The van der Waals surface area contributed by atoms with Crippen molar-refractivity contribution in [1.82, 2.24) is 15.2 Å². The maximum Gasteiger partial charge on any atom is 0.277 e. The van der Waals surface area contributed by atoms with Crippen molar-refractivity contribution in [2.24, 2.45) is 0 Å². The fraction of sp³-hybridized carbons (Fsp3) is 0.0833. The third-order valence-electron chi connectivity index (χ3n) is 2.44. The van der Waals surface area contributed by atoms with Crippen molar-refractivity contribution < 1.29 is 9.21 Å². The fourth-order valence-electron chi connectivity index (χ4n) is 1.57. The van der Waals surface area contributed by atoms with Crippen LogP contribution in [0.5, 0.6) is 0 Å². The highest BCUT2D eigenvalue weighted by molar-refractivity contribution is 7.13. The van der Waals surface area contributed by atoms with Crippen LogP contribution in [0.4, 0.5) is 5.13 Å². The van der Waals surface area contributed by atoms with Gasteiger partial charge in [-0.15, -0.1) is 11.3 Å². The Morgan fingerprint density at radius 1 is 1.53 bits per heavy atom. The summed E-state index contributed by atoms with van der Waals surface area (Å²) in [6.45, 7) is 1.87. The second-order valence-corrected chi connectivity index (χ2v) is 4.75. The first-order chi connectivity index (χ1) is 9.22. The zero-order valence-corrected chi connectivity index (χ0v) is 10.8. The molecule has 3 rings (SSSR count). The van der Waals surface area contributed by atoms with E-state index in [1.54, 1.807) is 24.5 Å². The van der Waals surface area contributed by atoms with Gasteiger partial charge in [0.25, 0.3) is 5.91 Å². The third kappa shape index (κ3) is 2.41. The molecule has 0 unspecified atom stereocenters. The Morgan fingerprint density at radius 2 is 2.42 bits per heavy atom. The Kier molecular flexibility index (Phi) is 2.88. The maximum atomic E-state index is 11.9. The van der Waals surface area contributed by atoms with Crippen molar-refractivity contribution in [3.63, 3.8) is 0 Å². The number of anilines is 1. The van der Waals surface area contributed by atoms with Gasteiger partial charge in [-0.05, 0) is 19.1 Å². The first kappa shape index (κ1) is 11.7. The number of aromatic amines is 1. The molecule has 0 aliphatic rings. The van der Waals surface area contributed by atoms with Gasteiger partial charge >= 0.3 is 0 Å². The molecule has 0 aromatic carbocycles. The lowest BCUT2D eigenvalue weighted by molar-refractivity contribution is 0.102. The van der Waals surface area contributed by atoms with E-state index >= 15 is 0 Å². The number of H-pyrrole nitrogens is 1. The molecule has 0 radical (unpaired) electrons. The molecule has 3 aromatic rings. The minimum absolute atomic E-state index is 0.291. The number of rotatable bonds is 3. The predicted molar refractivity (Wildman–Crippen MR) is 71.1 cm³/mol. The van der Waals surface area contributed by atoms with Crippen LogP contribution in [0.2, 0.25) is 0 Å². The molecule has 2 N–H and O–H groups in total. The van der Waals surface area contributed by atoms with E-state index in [1.807, 2.05) is 12.3 Å². The number of aromatic nitrogens is 3. The van der Waals surface area contributed by atoms with Gasteiger partial charge in [0.15, 0.2) is 16.6 Å². The second-order valence-electron chi connectivity index (χ2n) is 3.89. The Hall–Kier alpha value is -2.41. The van der Waals surface area contributed by atoms with Gasteiger partial charge < -0.3 is 4.42 Å². The molecule has 96 valence electrons. The molecule has 1 amide bonds. The number of nitrogens with zero attached hydrogens (tertiary/aromatic N) is 2. The average Bonchev–Trinajstić information content (AvgIpc) is 3.08. The van der Waals surface area contributed by atoms with Crippen molar-refractivity contribution in [2.45, 2.75) is 6.92 Å². The minimum Gasteiger partial charge on any atom is -0.463 e. The standard InChI is InChI=1S/C12H10N4O2S/c1-7-6-19-12(13-7)14-11(17)9-5-8(15-16-9)10-3-2-4-18-10/h2-6H,1H3,(H,15,16)(H,13,14,17). The highest BCUT2D eigenvalue weighted by atomic mass is 32.1. The fourth-order valence-corrected chi connectivity index (χ4v) is 2.25. The number of nitrogens with one attached hydrogen (secondary N) is 2. The summed E-state index contributed by atoms with van der Waals surface area (Å²) < 4.78 is 5.22. The normalized spacial score (nSPS) is 10.6. The molecule has 3 aromatic heterocycles. The molecule has 3 heterocycles. The van der Waals surface area contributed by atoms with Crippen molar-refractivity contribution in [3.05, 3.63) is 41.2 Å². The molecule has 0 aliphatic carbocycles. The molecule has 7 heteroatoms. The van der Waals surface area contributed by atoms with Gasteiger partial charge in [-0.25, -0.2) is 4.98 Å². The molecule has 6 nitrogen and oxygen atoms in total. The topological polar surface area (TPSA) is 83.8 Å². The highest BCUT2D eigenvalue weighted by Crippen LogP contribution is 2.19. The van der Waals surface area contributed by atoms with Crippen molar-refractivity contribution in [1.29, 1.82) is 0 Å². The number of hydrogen-bond acceptors (Lipinski definition) is 5. The number of hydrogen-bond donors (Lipinski definition) is 2. The molecule has 0 bridgehead atoms. The number of amides is 1. The SMILES string of the molecule is Cc1csc(NC(=O)c2cc(-c3ccco3)[nH]n2)n1. The van der Waals surface area contributed by atoms with Gasteiger partial charge in [0, 0.05) is 11.4 Å². The molecule has 0 aliphatic heterocycles. The van der Waals surface area contributed by atoms with E-state index in [0.29, 0.717) is 22.3 Å². The summed E-state index contributed by atoms with van der Waals surface area (Å²) in [5, 5.41) is 11.8. The van der Waals surface area contributed by atoms with E-state index in [2.05, 4.69) is 20.5 Å². The lowest BCUT2D eigenvalue weighted by Crippen LogP contribution is -2.12. The van der Waals surface area contributed by atoms with Crippen LogP contribution in [0.25, 0.3) is 11.5 Å². The zero-order chi connectivity index (χ0) is 13.2. The third-order valence-corrected chi connectivity index (χ3v) is 3.31. The van der Waals surface area contributed by atoms with Crippen LogP contribution in [0.1, 0.15) is 16.2 Å². The van der Waals surface area contributed by atoms with Gasteiger partial charge in [-0.2, -0.15) is 5.10 Å². The van der Waals surface area contributed by atoms with Gasteiger partial charge in [-0.1, -0.05) is 0 Å². The van der Waals surface area contributed by atoms with Crippen LogP contribution >= 0.6 is 11.3 Å². The van der Waals surface area contributed by atoms with Crippen molar-refractivity contribution in [2.75, 3.05) is 5.32 Å². The molecule has 0 fully saturated rings. The first-order valence-corrected chi connectivity index (χ1v) is 6.43. The highest BCUT2D eigenvalue weighted by Gasteiger charge is 2.13. The predicted octanol–water partition coefficient (Wildman–Crippen LogP) is 2.69. The number of aryl methyl sites for hydroxylation is 1. The summed E-state index contributed by atoms with van der Waals surface area (Å²) in [4.78, 5) is 16.1. The molecule has 0 spiro atoms. The minimum atomic E-state index is -0.302. The van der Waals surface area contributed by atoms with Crippen molar-refractivity contribution in [3.8, 4) is 11.5 Å². The average molecular weight is 274 g/mol.